The summed E-state index contributed by atoms with van der Waals surface area (Å²) in [5.41, 5.74) is 0. The predicted molar refractivity (Wildman–Crippen MR) is 91.7 cm³/mol. The second-order valence-corrected chi connectivity index (χ2v) is 8.82. The molecule has 4 bridgehead atoms. The fourth-order valence-electron chi connectivity index (χ4n) is 6.44. The van der Waals surface area contributed by atoms with Crippen LogP contribution in [0, 0.1) is 47.3 Å². The first kappa shape index (κ1) is 15.7. The molecule has 0 saturated heterocycles. The van der Waals surface area contributed by atoms with Crippen LogP contribution in [-0.4, -0.2) is 12.6 Å². The minimum absolute atomic E-state index is 0.0421. The minimum Gasteiger partial charge on any atom is -0.466 e. The highest BCUT2D eigenvalue weighted by Gasteiger charge is 2.60. The van der Waals surface area contributed by atoms with E-state index in [9.17, 15) is 4.79 Å². The quantitative estimate of drug-likeness (QED) is 0.381. The first-order valence-electron chi connectivity index (χ1n) is 10.0. The smallest absolute Gasteiger partial charge is 0.305 e. The molecule has 4 rings (SSSR count). The van der Waals surface area contributed by atoms with Crippen LogP contribution in [0.5, 0.6) is 0 Å². The van der Waals surface area contributed by atoms with Gasteiger partial charge in [0.05, 0.1) is 6.61 Å². The molecule has 8 unspecified atom stereocenters. The number of carbonyl (C=O) groups is 1. The van der Waals surface area contributed by atoms with Gasteiger partial charge in [0, 0.05) is 6.42 Å². The summed E-state index contributed by atoms with van der Waals surface area (Å²) in [6.45, 7) is 5.03. The van der Waals surface area contributed by atoms with Crippen LogP contribution in [0.25, 0.3) is 0 Å². The van der Waals surface area contributed by atoms with Crippen molar-refractivity contribution in [2.45, 2.75) is 58.8 Å². The number of allylic oxidation sites excluding steroid dienone is 2. The Balaban J connectivity index is 1.23. The minimum atomic E-state index is 0.0421. The van der Waals surface area contributed by atoms with Gasteiger partial charge in [-0.05, 0) is 79.4 Å². The molecule has 0 radical (unpaired) electrons. The fourth-order valence-corrected chi connectivity index (χ4v) is 6.44. The first-order valence-corrected chi connectivity index (χ1v) is 10.0. The van der Waals surface area contributed by atoms with Crippen molar-refractivity contribution < 1.29 is 9.53 Å². The van der Waals surface area contributed by atoms with E-state index in [1.165, 1.54) is 25.7 Å². The molecule has 0 aliphatic heterocycles. The van der Waals surface area contributed by atoms with E-state index in [4.69, 9.17) is 4.74 Å². The lowest BCUT2D eigenvalue weighted by Gasteiger charge is -2.36. The molecule has 128 valence electrons. The topological polar surface area (TPSA) is 26.3 Å². The van der Waals surface area contributed by atoms with Gasteiger partial charge in [-0.2, -0.15) is 0 Å². The molecular weight excluding hydrogens is 284 g/mol. The molecule has 0 aromatic carbocycles. The van der Waals surface area contributed by atoms with Gasteiger partial charge >= 0.3 is 5.97 Å². The summed E-state index contributed by atoms with van der Waals surface area (Å²) in [4.78, 5) is 12.0. The second kappa shape index (κ2) is 6.26. The number of carbonyl (C=O) groups excluding carboxylic acids is 1. The van der Waals surface area contributed by atoms with Gasteiger partial charge in [-0.15, -0.1) is 0 Å². The largest absolute Gasteiger partial charge is 0.466 e. The summed E-state index contributed by atoms with van der Waals surface area (Å²) in [6, 6.07) is 0. The van der Waals surface area contributed by atoms with Gasteiger partial charge in [-0.3, -0.25) is 4.79 Å². The van der Waals surface area contributed by atoms with Crippen molar-refractivity contribution in [3.05, 3.63) is 12.2 Å². The Morgan fingerprint density at radius 2 is 1.96 bits per heavy atom. The highest BCUT2D eigenvalue weighted by Crippen LogP contribution is 2.67. The standard InChI is InChI=1S/C21H32O2/c1-3-13(2)8-9-23-19(22)7-6-14-10-17-12-18(14)21-16-5-4-15(11-16)20(17)21/h4-5,13-18,20-21H,3,6-12H2,1-2H3. The third kappa shape index (κ3) is 2.76. The molecule has 0 heterocycles. The maximum Gasteiger partial charge on any atom is 0.305 e. The van der Waals surface area contributed by atoms with Gasteiger partial charge in [-0.25, -0.2) is 0 Å². The number of rotatable bonds is 7. The zero-order chi connectivity index (χ0) is 16.0. The molecular formula is C21H32O2. The maximum absolute atomic E-state index is 12.0. The van der Waals surface area contributed by atoms with Crippen LogP contribution in [-0.2, 0) is 9.53 Å². The second-order valence-electron chi connectivity index (χ2n) is 8.82. The van der Waals surface area contributed by atoms with E-state index < -0.39 is 0 Å². The first-order chi connectivity index (χ1) is 11.2. The summed E-state index contributed by atoms with van der Waals surface area (Å²) in [5.74, 6) is 7.16. The molecule has 0 spiro atoms. The van der Waals surface area contributed by atoms with Crippen molar-refractivity contribution >= 4 is 5.97 Å². The SMILES string of the molecule is CCC(C)CCOC(=O)CCC1CC2CC1C1C3C=CC(C3)C21. The molecule has 0 amide bonds. The van der Waals surface area contributed by atoms with E-state index >= 15 is 0 Å². The summed E-state index contributed by atoms with van der Waals surface area (Å²) in [5, 5.41) is 0. The Kier molecular flexibility index (Phi) is 4.28. The predicted octanol–water partition coefficient (Wildman–Crippen LogP) is 4.84. The third-order valence-corrected chi connectivity index (χ3v) is 7.70. The number of hydrogen-bond donors (Lipinski definition) is 0. The van der Waals surface area contributed by atoms with Crippen LogP contribution < -0.4 is 0 Å². The van der Waals surface area contributed by atoms with Crippen molar-refractivity contribution in [2.75, 3.05) is 6.61 Å². The van der Waals surface area contributed by atoms with Crippen molar-refractivity contribution in [1.29, 1.82) is 0 Å². The van der Waals surface area contributed by atoms with Crippen molar-refractivity contribution in [1.82, 2.24) is 0 Å². The average Bonchev–Trinajstić information content (AvgIpc) is 3.30. The van der Waals surface area contributed by atoms with Gasteiger partial charge in [0.2, 0.25) is 0 Å². The van der Waals surface area contributed by atoms with Crippen molar-refractivity contribution in [2.24, 2.45) is 47.3 Å². The monoisotopic (exact) mass is 316 g/mol. The Morgan fingerprint density at radius 3 is 2.74 bits per heavy atom. The van der Waals surface area contributed by atoms with Crippen LogP contribution in [0.4, 0.5) is 0 Å². The van der Waals surface area contributed by atoms with E-state index in [1.807, 2.05) is 0 Å². The van der Waals surface area contributed by atoms with E-state index in [0.717, 1.165) is 54.3 Å². The highest BCUT2D eigenvalue weighted by atomic mass is 16.5. The third-order valence-electron chi connectivity index (χ3n) is 7.70. The number of fused-ring (bicyclic) bond motifs is 9. The summed E-state index contributed by atoms with van der Waals surface area (Å²) >= 11 is 0. The zero-order valence-electron chi connectivity index (χ0n) is 14.7. The highest BCUT2D eigenvalue weighted by molar-refractivity contribution is 5.69. The molecule has 2 nitrogen and oxygen atoms in total. The van der Waals surface area contributed by atoms with Crippen LogP contribution >= 0.6 is 0 Å². The Bertz CT molecular complexity index is 482. The number of esters is 1. The van der Waals surface area contributed by atoms with Gasteiger partial charge in [0.15, 0.2) is 0 Å². The molecule has 3 saturated carbocycles. The van der Waals surface area contributed by atoms with Gasteiger partial charge in [0.25, 0.3) is 0 Å². The van der Waals surface area contributed by atoms with Crippen LogP contribution in [0.3, 0.4) is 0 Å². The normalized spacial score (nSPS) is 43.8. The van der Waals surface area contributed by atoms with E-state index in [1.54, 1.807) is 0 Å². The van der Waals surface area contributed by atoms with E-state index in [2.05, 4.69) is 26.0 Å². The Labute approximate surface area is 141 Å². The summed E-state index contributed by atoms with van der Waals surface area (Å²) in [7, 11) is 0. The molecule has 3 fully saturated rings. The Hall–Kier alpha value is -0.790. The maximum atomic E-state index is 12.0. The van der Waals surface area contributed by atoms with Gasteiger partial charge in [0.1, 0.15) is 0 Å². The number of hydrogen-bond acceptors (Lipinski definition) is 2. The molecule has 0 N–H and O–H groups in total. The van der Waals surface area contributed by atoms with Crippen LogP contribution in [0.1, 0.15) is 58.8 Å². The summed E-state index contributed by atoms with van der Waals surface area (Å²) in [6.07, 6.45) is 13.2. The molecule has 23 heavy (non-hydrogen) atoms. The zero-order valence-corrected chi connectivity index (χ0v) is 14.7. The Morgan fingerprint density at radius 1 is 1.17 bits per heavy atom. The summed E-state index contributed by atoms with van der Waals surface area (Å²) < 4.78 is 5.44. The fraction of sp³-hybridized carbons (Fsp3) is 0.857. The van der Waals surface area contributed by atoms with Gasteiger partial charge in [-0.1, -0.05) is 32.4 Å². The van der Waals surface area contributed by atoms with Crippen LogP contribution in [0.2, 0.25) is 0 Å². The van der Waals surface area contributed by atoms with Crippen molar-refractivity contribution in [3.8, 4) is 0 Å². The lowest BCUT2D eigenvalue weighted by molar-refractivity contribution is -0.144. The van der Waals surface area contributed by atoms with E-state index in [0.29, 0.717) is 18.9 Å². The van der Waals surface area contributed by atoms with Gasteiger partial charge < -0.3 is 4.74 Å². The average molecular weight is 316 g/mol. The molecule has 4 aliphatic carbocycles. The molecule has 8 atom stereocenters. The molecule has 0 aromatic heterocycles. The molecule has 0 aromatic rings. The lowest BCUT2D eigenvalue weighted by atomic mass is 9.68. The lowest BCUT2D eigenvalue weighted by Crippen LogP contribution is -2.31. The van der Waals surface area contributed by atoms with Crippen molar-refractivity contribution in [3.63, 3.8) is 0 Å². The van der Waals surface area contributed by atoms with Crippen LogP contribution in [0.15, 0.2) is 12.2 Å². The molecule has 2 heteroatoms. The van der Waals surface area contributed by atoms with E-state index in [-0.39, 0.29) is 5.97 Å². The number of ether oxygens (including phenoxy) is 1. The molecule has 4 aliphatic rings.